The van der Waals surface area contributed by atoms with Crippen molar-refractivity contribution in [2.24, 2.45) is 0 Å². The first kappa shape index (κ1) is 16.0. The lowest BCUT2D eigenvalue weighted by Gasteiger charge is -2.11. The smallest absolute Gasteiger partial charge is 0.249 e. The third kappa shape index (κ3) is 3.91. The summed E-state index contributed by atoms with van der Waals surface area (Å²) in [5.74, 6) is 1.63. The van der Waals surface area contributed by atoms with Crippen molar-refractivity contribution in [1.82, 2.24) is 15.2 Å². The summed E-state index contributed by atoms with van der Waals surface area (Å²) in [4.78, 5) is 4.40. The molecule has 0 aliphatic heterocycles. The van der Waals surface area contributed by atoms with Crippen LogP contribution in [0.1, 0.15) is 6.92 Å². The van der Waals surface area contributed by atoms with Gasteiger partial charge < -0.3 is 15.4 Å². The molecule has 0 bridgehead atoms. The average Bonchev–Trinajstić information content (AvgIpc) is 2.59. The highest BCUT2D eigenvalue weighted by Crippen LogP contribution is 2.27. The third-order valence-corrected chi connectivity index (χ3v) is 3.46. The molecular weight excluding hydrogens is 326 g/mol. The Bertz CT molecular complexity index is 827. The lowest BCUT2D eigenvalue weighted by molar-refractivity contribution is 0.342. The molecule has 0 saturated heterocycles. The van der Waals surface area contributed by atoms with Crippen molar-refractivity contribution in [2.45, 2.75) is 6.92 Å². The molecule has 1 aromatic heterocycles. The lowest BCUT2D eigenvalue weighted by atomic mass is 10.3. The van der Waals surface area contributed by atoms with Crippen molar-refractivity contribution in [1.29, 1.82) is 0 Å². The van der Waals surface area contributed by atoms with Gasteiger partial charge in [0.1, 0.15) is 5.75 Å². The van der Waals surface area contributed by atoms with Crippen molar-refractivity contribution in [2.75, 3.05) is 17.2 Å². The third-order valence-electron chi connectivity index (χ3n) is 3.13. The summed E-state index contributed by atoms with van der Waals surface area (Å²) in [5, 5.41) is 14.8. The quantitative estimate of drug-likeness (QED) is 0.692. The zero-order valence-corrected chi connectivity index (χ0v) is 13.8. The van der Waals surface area contributed by atoms with Crippen LogP contribution in [0.5, 0.6) is 5.75 Å². The molecule has 6 nitrogen and oxygen atoms in total. The second-order valence-corrected chi connectivity index (χ2v) is 5.23. The molecule has 0 fully saturated rings. The minimum Gasteiger partial charge on any atom is -0.492 e. The summed E-state index contributed by atoms with van der Waals surface area (Å²) in [6.45, 7) is 2.51. The molecule has 24 heavy (non-hydrogen) atoms. The number of hydrogen-bond donors (Lipinski definition) is 2. The Balaban J connectivity index is 1.80. The van der Waals surface area contributed by atoms with Crippen LogP contribution in [0.2, 0.25) is 5.02 Å². The topological polar surface area (TPSA) is 72.0 Å². The normalized spacial score (nSPS) is 10.2. The fourth-order valence-corrected chi connectivity index (χ4v) is 2.27. The van der Waals surface area contributed by atoms with Crippen molar-refractivity contribution < 1.29 is 4.74 Å². The maximum atomic E-state index is 6.14. The highest BCUT2D eigenvalue weighted by molar-refractivity contribution is 6.33. The first-order valence-corrected chi connectivity index (χ1v) is 7.84. The minimum atomic E-state index is 0.360. The maximum absolute atomic E-state index is 6.14. The minimum absolute atomic E-state index is 0.360. The standard InChI is InChI=1S/C17H16ClN5O/c1-2-24-15-10-6-5-9-14(15)21-17-22-16(11-19-23-17)20-13-8-4-3-7-12(13)18/h3-11H,2H2,1H3,(H2,20,21,22,23). The van der Waals surface area contributed by atoms with Gasteiger partial charge in [-0.25, -0.2) is 0 Å². The van der Waals surface area contributed by atoms with Gasteiger partial charge in [0.2, 0.25) is 5.95 Å². The molecule has 0 aliphatic rings. The number of halogens is 1. The Morgan fingerprint density at radius 2 is 1.75 bits per heavy atom. The fraction of sp³-hybridized carbons (Fsp3) is 0.118. The second-order valence-electron chi connectivity index (χ2n) is 4.82. The fourth-order valence-electron chi connectivity index (χ4n) is 2.09. The van der Waals surface area contributed by atoms with Gasteiger partial charge in [0.15, 0.2) is 5.82 Å². The van der Waals surface area contributed by atoms with Gasteiger partial charge >= 0.3 is 0 Å². The molecule has 0 aliphatic carbocycles. The summed E-state index contributed by atoms with van der Waals surface area (Å²) in [6, 6.07) is 15.0. The Morgan fingerprint density at radius 3 is 2.54 bits per heavy atom. The van der Waals surface area contributed by atoms with Crippen LogP contribution in [0.4, 0.5) is 23.1 Å². The van der Waals surface area contributed by atoms with Crippen LogP contribution in [0, 0.1) is 0 Å². The van der Waals surface area contributed by atoms with Gasteiger partial charge in [-0.3, -0.25) is 0 Å². The van der Waals surface area contributed by atoms with Gasteiger partial charge in [0.05, 0.1) is 29.2 Å². The Hall–Kier alpha value is -2.86. The van der Waals surface area contributed by atoms with Gasteiger partial charge in [-0.1, -0.05) is 35.9 Å². The zero-order valence-electron chi connectivity index (χ0n) is 13.0. The molecule has 122 valence electrons. The summed E-state index contributed by atoms with van der Waals surface area (Å²) in [5.41, 5.74) is 1.52. The van der Waals surface area contributed by atoms with E-state index < -0.39 is 0 Å². The number of aromatic nitrogens is 3. The molecule has 1 heterocycles. The Kier molecular flexibility index (Phi) is 5.08. The first-order valence-electron chi connectivity index (χ1n) is 7.46. The van der Waals surface area contributed by atoms with E-state index in [4.69, 9.17) is 16.3 Å². The number of benzene rings is 2. The van der Waals surface area contributed by atoms with Crippen LogP contribution in [0.3, 0.4) is 0 Å². The molecule has 3 aromatic rings. The van der Waals surface area contributed by atoms with E-state index in [2.05, 4.69) is 25.8 Å². The van der Waals surface area contributed by atoms with Gasteiger partial charge in [0.25, 0.3) is 0 Å². The van der Waals surface area contributed by atoms with E-state index in [1.165, 1.54) is 6.20 Å². The Labute approximate surface area is 144 Å². The van der Waals surface area contributed by atoms with Crippen LogP contribution in [-0.2, 0) is 0 Å². The predicted molar refractivity (Wildman–Crippen MR) is 95.5 cm³/mol. The molecular formula is C17H16ClN5O. The average molecular weight is 342 g/mol. The van der Waals surface area contributed by atoms with Crippen LogP contribution < -0.4 is 15.4 Å². The summed E-state index contributed by atoms with van der Waals surface area (Å²) < 4.78 is 5.58. The number of hydrogen-bond acceptors (Lipinski definition) is 6. The highest BCUT2D eigenvalue weighted by atomic mass is 35.5. The van der Waals surface area contributed by atoms with Gasteiger partial charge in [0, 0.05) is 0 Å². The molecule has 0 amide bonds. The first-order chi connectivity index (χ1) is 11.8. The van der Waals surface area contributed by atoms with Crippen molar-refractivity contribution in [3.05, 3.63) is 59.8 Å². The Morgan fingerprint density at radius 1 is 1.00 bits per heavy atom. The summed E-state index contributed by atoms with van der Waals surface area (Å²) in [7, 11) is 0. The van der Waals surface area contributed by atoms with E-state index in [0.29, 0.717) is 23.4 Å². The van der Waals surface area contributed by atoms with E-state index >= 15 is 0 Å². The number of anilines is 4. The zero-order chi connectivity index (χ0) is 16.8. The molecule has 0 saturated carbocycles. The SMILES string of the molecule is CCOc1ccccc1Nc1nncc(Nc2ccccc2Cl)n1. The van der Waals surface area contributed by atoms with E-state index in [1.54, 1.807) is 6.07 Å². The molecule has 0 spiro atoms. The molecule has 0 atom stereocenters. The van der Waals surface area contributed by atoms with Gasteiger partial charge in [-0.15, -0.1) is 5.10 Å². The number of nitrogens with zero attached hydrogens (tertiary/aromatic N) is 3. The van der Waals surface area contributed by atoms with Crippen LogP contribution in [-0.4, -0.2) is 21.8 Å². The monoisotopic (exact) mass is 341 g/mol. The van der Waals surface area contributed by atoms with E-state index in [1.807, 2.05) is 49.4 Å². The molecule has 7 heteroatoms. The molecule has 0 unspecified atom stereocenters. The van der Waals surface area contributed by atoms with Crippen molar-refractivity contribution in [3.63, 3.8) is 0 Å². The highest BCUT2D eigenvalue weighted by Gasteiger charge is 2.07. The molecule has 3 rings (SSSR count). The molecule has 0 radical (unpaired) electrons. The predicted octanol–water partition coefficient (Wildman–Crippen LogP) is 4.41. The maximum Gasteiger partial charge on any atom is 0.249 e. The molecule has 2 aromatic carbocycles. The number of rotatable bonds is 6. The van der Waals surface area contributed by atoms with E-state index in [9.17, 15) is 0 Å². The van der Waals surface area contributed by atoms with Crippen molar-refractivity contribution >= 4 is 34.7 Å². The van der Waals surface area contributed by atoms with E-state index in [-0.39, 0.29) is 0 Å². The molecule has 2 N–H and O–H groups in total. The number of para-hydroxylation sites is 3. The number of nitrogens with one attached hydrogen (secondary N) is 2. The van der Waals surface area contributed by atoms with Crippen molar-refractivity contribution in [3.8, 4) is 5.75 Å². The van der Waals surface area contributed by atoms with Gasteiger partial charge in [-0.05, 0) is 31.2 Å². The number of ether oxygens (including phenoxy) is 1. The van der Waals surface area contributed by atoms with E-state index in [0.717, 1.165) is 17.1 Å². The van der Waals surface area contributed by atoms with Crippen LogP contribution >= 0.6 is 11.6 Å². The van der Waals surface area contributed by atoms with Crippen LogP contribution in [0.15, 0.2) is 54.7 Å². The summed E-state index contributed by atoms with van der Waals surface area (Å²) in [6.07, 6.45) is 1.53. The lowest BCUT2D eigenvalue weighted by Crippen LogP contribution is -2.04. The second kappa shape index (κ2) is 7.61. The van der Waals surface area contributed by atoms with Gasteiger partial charge in [-0.2, -0.15) is 10.1 Å². The summed E-state index contributed by atoms with van der Waals surface area (Å²) >= 11 is 6.14. The van der Waals surface area contributed by atoms with Crippen LogP contribution in [0.25, 0.3) is 0 Å². The largest absolute Gasteiger partial charge is 0.492 e.